The van der Waals surface area contributed by atoms with Gasteiger partial charge in [0.1, 0.15) is 0 Å². The van der Waals surface area contributed by atoms with Gasteiger partial charge in [0.15, 0.2) is 17.0 Å². The van der Waals surface area contributed by atoms with Gasteiger partial charge in [-0.1, -0.05) is 35.3 Å². The maximum Gasteiger partial charge on any atom is 0.433 e. The van der Waals surface area contributed by atoms with E-state index in [0.717, 1.165) is 24.3 Å². The van der Waals surface area contributed by atoms with Gasteiger partial charge < -0.3 is 5.32 Å². The summed E-state index contributed by atoms with van der Waals surface area (Å²) in [6.45, 7) is 0. The second-order valence-electron chi connectivity index (χ2n) is 6.98. The molecule has 1 N–H and O–H groups in total. The highest BCUT2D eigenvalue weighted by Gasteiger charge is 2.36. The standard InChI is InChI=1S/C21H10Cl2F6N4O/c22-12-4-1-10(2-5-12)14-8-17(21(27,28)29)33-18(30-14)9-16(32-33)19(34)31-15-7-11(20(24,25)26)3-6-13(15)23/h1-9H,(H,31,34). The van der Waals surface area contributed by atoms with Crippen molar-refractivity contribution in [2.75, 3.05) is 5.32 Å². The molecule has 0 bridgehead atoms. The monoisotopic (exact) mass is 518 g/mol. The predicted molar refractivity (Wildman–Crippen MR) is 113 cm³/mol. The molecular formula is C21H10Cl2F6N4O. The first-order valence-corrected chi connectivity index (χ1v) is 10.0. The highest BCUT2D eigenvalue weighted by Crippen LogP contribution is 2.35. The van der Waals surface area contributed by atoms with Crippen LogP contribution in [0.15, 0.2) is 54.6 Å². The fraction of sp³-hybridized carbons (Fsp3) is 0.0952. The molecule has 4 aromatic rings. The van der Waals surface area contributed by atoms with Crippen LogP contribution in [0.2, 0.25) is 10.0 Å². The number of aromatic nitrogens is 3. The van der Waals surface area contributed by atoms with E-state index in [1.54, 1.807) is 0 Å². The molecule has 2 aromatic carbocycles. The number of carbonyl (C=O) groups is 1. The zero-order valence-electron chi connectivity index (χ0n) is 16.5. The third-order valence-electron chi connectivity index (χ3n) is 4.63. The lowest BCUT2D eigenvalue weighted by atomic mass is 10.1. The Bertz CT molecular complexity index is 1400. The maximum absolute atomic E-state index is 13.7. The Kier molecular flexibility index (Phi) is 5.94. The van der Waals surface area contributed by atoms with Crippen molar-refractivity contribution in [3.63, 3.8) is 0 Å². The third kappa shape index (κ3) is 4.80. The second kappa shape index (κ2) is 8.48. The molecule has 1 amide bonds. The largest absolute Gasteiger partial charge is 0.433 e. The van der Waals surface area contributed by atoms with Crippen LogP contribution in [0.4, 0.5) is 32.0 Å². The van der Waals surface area contributed by atoms with Crippen LogP contribution in [0.25, 0.3) is 16.9 Å². The summed E-state index contributed by atoms with van der Waals surface area (Å²) < 4.78 is 80.4. The van der Waals surface area contributed by atoms with Gasteiger partial charge in [0, 0.05) is 16.7 Å². The van der Waals surface area contributed by atoms with Crippen molar-refractivity contribution in [2.24, 2.45) is 0 Å². The van der Waals surface area contributed by atoms with Crippen LogP contribution in [0.5, 0.6) is 0 Å². The molecule has 0 atom stereocenters. The summed E-state index contributed by atoms with van der Waals surface area (Å²) in [7, 11) is 0. The number of hydrogen-bond donors (Lipinski definition) is 1. The minimum absolute atomic E-state index is 0.0516. The first kappa shape index (κ1) is 23.8. The van der Waals surface area contributed by atoms with Crippen LogP contribution in [-0.2, 0) is 12.4 Å². The lowest BCUT2D eigenvalue weighted by molar-refractivity contribution is -0.142. The van der Waals surface area contributed by atoms with Crippen LogP contribution in [0, 0.1) is 0 Å². The molecule has 0 aliphatic heterocycles. The number of anilines is 1. The average molecular weight is 519 g/mol. The number of fused-ring (bicyclic) bond motifs is 1. The number of hydrogen-bond acceptors (Lipinski definition) is 3. The van der Waals surface area contributed by atoms with E-state index in [4.69, 9.17) is 23.2 Å². The summed E-state index contributed by atoms with van der Waals surface area (Å²) >= 11 is 11.7. The number of amides is 1. The Morgan fingerprint density at radius 3 is 2.18 bits per heavy atom. The topological polar surface area (TPSA) is 59.3 Å². The van der Waals surface area contributed by atoms with E-state index in [1.165, 1.54) is 24.3 Å². The number of nitrogens with one attached hydrogen (secondary N) is 1. The Morgan fingerprint density at radius 2 is 1.56 bits per heavy atom. The molecule has 0 saturated carbocycles. The zero-order valence-corrected chi connectivity index (χ0v) is 18.0. The zero-order chi connectivity index (χ0) is 24.8. The molecule has 0 aliphatic rings. The molecule has 0 fully saturated rings. The van der Waals surface area contributed by atoms with Crippen LogP contribution in [0.3, 0.4) is 0 Å². The molecule has 13 heteroatoms. The van der Waals surface area contributed by atoms with Crippen LogP contribution in [-0.4, -0.2) is 20.5 Å². The van der Waals surface area contributed by atoms with Gasteiger partial charge in [-0.05, 0) is 36.4 Å². The summed E-state index contributed by atoms with van der Waals surface area (Å²) in [5, 5.41) is 5.97. The van der Waals surface area contributed by atoms with E-state index >= 15 is 0 Å². The predicted octanol–water partition coefficient (Wildman–Crippen LogP) is 6.99. The van der Waals surface area contributed by atoms with Crippen molar-refractivity contribution >= 4 is 40.4 Å². The maximum atomic E-state index is 13.7. The molecule has 5 nitrogen and oxygen atoms in total. The molecule has 34 heavy (non-hydrogen) atoms. The van der Waals surface area contributed by atoms with E-state index in [9.17, 15) is 31.1 Å². The molecule has 0 radical (unpaired) electrons. The number of nitrogens with zero attached hydrogens (tertiary/aromatic N) is 3. The fourth-order valence-electron chi connectivity index (χ4n) is 3.04. The third-order valence-corrected chi connectivity index (χ3v) is 5.21. The summed E-state index contributed by atoms with van der Waals surface area (Å²) in [5.74, 6) is -1.08. The molecule has 4 rings (SSSR count). The van der Waals surface area contributed by atoms with Gasteiger partial charge in [0.25, 0.3) is 5.91 Å². The second-order valence-corrected chi connectivity index (χ2v) is 7.82. The van der Waals surface area contributed by atoms with Crippen molar-refractivity contribution in [3.8, 4) is 11.3 Å². The van der Waals surface area contributed by atoms with Crippen LogP contribution < -0.4 is 5.32 Å². The SMILES string of the molecule is O=C(Nc1cc(C(F)(F)F)ccc1Cl)c1cc2nc(-c3ccc(Cl)cc3)cc(C(F)(F)F)n2n1. The van der Waals surface area contributed by atoms with Crippen molar-refractivity contribution < 1.29 is 31.1 Å². The van der Waals surface area contributed by atoms with Crippen molar-refractivity contribution in [2.45, 2.75) is 12.4 Å². The van der Waals surface area contributed by atoms with Gasteiger partial charge in [0.2, 0.25) is 0 Å². The van der Waals surface area contributed by atoms with E-state index in [0.29, 0.717) is 21.2 Å². The van der Waals surface area contributed by atoms with E-state index in [-0.39, 0.29) is 22.1 Å². The summed E-state index contributed by atoms with van der Waals surface area (Å²) in [6, 6.07) is 9.90. The number of carbonyl (C=O) groups excluding carboxylic acids is 1. The smallest absolute Gasteiger partial charge is 0.319 e. The van der Waals surface area contributed by atoms with Crippen molar-refractivity contribution in [1.82, 2.24) is 14.6 Å². The van der Waals surface area contributed by atoms with E-state index in [2.05, 4.69) is 15.4 Å². The van der Waals surface area contributed by atoms with Crippen LogP contribution in [0.1, 0.15) is 21.7 Å². The lowest BCUT2D eigenvalue weighted by Crippen LogP contribution is -2.16. The highest BCUT2D eigenvalue weighted by atomic mass is 35.5. The van der Waals surface area contributed by atoms with Crippen molar-refractivity contribution in [3.05, 3.63) is 81.6 Å². The van der Waals surface area contributed by atoms with Crippen molar-refractivity contribution in [1.29, 1.82) is 0 Å². The molecule has 0 unspecified atom stereocenters. The Hall–Kier alpha value is -3.31. The Balaban J connectivity index is 1.76. The van der Waals surface area contributed by atoms with E-state index < -0.39 is 35.2 Å². The van der Waals surface area contributed by atoms with Gasteiger partial charge in [-0.2, -0.15) is 31.4 Å². The minimum Gasteiger partial charge on any atom is -0.319 e. The molecular weight excluding hydrogens is 509 g/mol. The molecule has 2 aromatic heterocycles. The number of alkyl halides is 6. The number of rotatable bonds is 3. The van der Waals surface area contributed by atoms with Gasteiger partial charge in [-0.15, -0.1) is 0 Å². The average Bonchev–Trinajstić information content (AvgIpc) is 3.18. The molecule has 0 spiro atoms. The molecule has 0 aliphatic carbocycles. The normalized spacial score (nSPS) is 12.2. The first-order valence-electron chi connectivity index (χ1n) is 9.25. The first-order chi connectivity index (χ1) is 15.8. The summed E-state index contributed by atoms with van der Waals surface area (Å²) in [4.78, 5) is 16.7. The summed E-state index contributed by atoms with van der Waals surface area (Å²) in [6.07, 6.45) is -9.55. The lowest BCUT2D eigenvalue weighted by Gasteiger charge is -2.11. The number of halogens is 8. The quantitative estimate of drug-likeness (QED) is 0.297. The fourth-order valence-corrected chi connectivity index (χ4v) is 3.33. The molecule has 2 heterocycles. The van der Waals surface area contributed by atoms with Gasteiger partial charge in [0.05, 0.1) is 22.0 Å². The van der Waals surface area contributed by atoms with E-state index in [1.807, 2.05) is 0 Å². The van der Waals surface area contributed by atoms with Crippen LogP contribution >= 0.6 is 23.2 Å². The van der Waals surface area contributed by atoms with Gasteiger partial charge >= 0.3 is 12.4 Å². The molecule has 0 saturated heterocycles. The highest BCUT2D eigenvalue weighted by molar-refractivity contribution is 6.34. The Labute approximate surface area is 196 Å². The number of benzene rings is 2. The van der Waals surface area contributed by atoms with Gasteiger partial charge in [-0.3, -0.25) is 4.79 Å². The summed E-state index contributed by atoms with van der Waals surface area (Å²) in [5.41, 5.74) is -3.21. The molecule has 176 valence electrons. The minimum atomic E-state index is -4.85. The Morgan fingerprint density at radius 1 is 0.882 bits per heavy atom. The van der Waals surface area contributed by atoms with Gasteiger partial charge in [-0.25, -0.2) is 9.50 Å².